The van der Waals surface area contributed by atoms with Gasteiger partial charge in [-0.3, -0.25) is 0 Å². The van der Waals surface area contributed by atoms with Crippen LogP contribution < -0.4 is 5.32 Å². The summed E-state index contributed by atoms with van der Waals surface area (Å²) in [6, 6.07) is 0.811. The zero-order chi connectivity index (χ0) is 11.5. The quantitative estimate of drug-likeness (QED) is 0.832. The molecule has 0 bridgehead atoms. The first kappa shape index (κ1) is 12.3. The summed E-state index contributed by atoms with van der Waals surface area (Å²) in [5.41, 5.74) is 0. The second-order valence-corrected chi connectivity index (χ2v) is 7.41. The molecule has 1 aliphatic carbocycles. The molecule has 2 saturated heterocycles. The van der Waals surface area contributed by atoms with Crippen molar-refractivity contribution in [1.29, 1.82) is 0 Å². The van der Waals surface area contributed by atoms with Crippen molar-refractivity contribution in [2.75, 3.05) is 31.9 Å². The van der Waals surface area contributed by atoms with Gasteiger partial charge in [-0.2, -0.15) is 11.8 Å². The van der Waals surface area contributed by atoms with Gasteiger partial charge in [-0.15, -0.1) is 0 Å². The molecule has 3 rings (SSSR count). The lowest BCUT2D eigenvalue weighted by Gasteiger charge is -2.30. The van der Waals surface area contributed by atoms with Crippen LogP contribution in [0, 0.1) is 5.92 Å². The van der Waals surface area contributed by atoms with Crippen LogP contribution >= 0.6 is 11.8 Å². The van der Waals surface area contributed by atoms with E-state index < -0.39 is 0 Å². The van der Waals surface area contributed by atoms with Gasteiger partial charge in [0.05, 0.1) is 0 Å². The molecule has 17 heavy (non-hydrogen) atoms. The van der Waals surface area contributed by atoms with E-state index >= 15 is 0 Å². The van der Waals surface area contributed by atoms with Crippen LogP contribution in [0.3, 0.4) is 0 Å². The zero-order valence-electron chi connectivity index (χ0n) is 10.9. The van der Waals surface area contributed by atoms with E-state index in [2.05, 4.69) is 22.0 Å². The van der Waals surface area contributed by atoms with Crippen molar-refractivity contribution >= 4 is 11.8 Å². The van der Waals surface area contributed by atoms with Crippen molar-refractivity contribution in [3.8, 4) is 0 Å². The lowest BCUT2D eigenvalue weighted by molar-refractivity contribution is 0.255. The van der Waals surface area contributed by atoms with Gasteiger partial charge in [-0.25, -0.2) is 0 Å². The fourth-order valence-corrected chi connectivity index (χ4v) is 4.60. The molecule has 3 fully saturated rings. The van der Waals surface area contributed by atoms with Gasteiger partial charge in [0.25, 0.3) is 0 Å². The first-order chi connectivity index (χ1) is 8.42. The molecule has 3 heteroatoms. The van der Waals surface area contributed by atoms with E-state index in [0.29, 0.717) is 0 Å². The summed E-state index contributed by atoms with van der Waals surface area (Å²) in [4.78, 5) is 2.76. The molecule has 1 N–H and O–H groups in total. The van der Waals surface area contributed by atoms with Gasteiger partial charge >= 0.3 is 0 Å². The van der Waals surface area contributed by atoms with E-state index in [4.69, 9.17) is 0 Å². The van der Waals surface area contributed by atoms with Crippen LogP contribution in [0.2, 0.25) is 0 Å². The van der Waals surface area contributed by atoms with Gasteiger partial charge in [0.1, 0.15) is 0 Å². The first-order valence-corrected chi connectivity index (χ1v) is 8.54. The van der Waals surface area contributed by atoms with Crippen molar-refractivity contribution in [2.45, 2.75) is 49.8 Å². The Hall–Kier alpha value is 0.270. The van der Waals surface area contributed by atoms with E-state index in [1.807, 2.05) is 0 Å². The number of hydrogen-bond donors (Lipinski definition) is 1. The summed E-state index contributed by atoms with van der Waals surface area (Å²) in [6.45, 7) is 5.25. The second kappa shape index (κ2) is 5.94. The molecule has 0 spiro atoms. The Morgan fingerprint density at radius 2 is 2.06 bits per heavy atom. The van der Waals surface area contributed by atoms with E-state index in [9.17, 15) is 0 Å². The highest BCUT2D eigenvalue weighted by molar-refractivity contribution is 7.99. The average molecular weight is 254 g/mol. The molecule has 0 aromatic carbocycles. The van der Waals surface area contributed by atoms with Crippen LogP contribution in [-0.2, 0) is 0 Å². The highest BCUT2D eigenvalue weighted by atomic mass is 32.2. The summed E-state index contributed by atoms with van der Waals surface area (Å²) in [6.07, 6.45) is 8.68. The largest absolute Gasteiger partial charge is 0.312 e. The molecular weight excluding hydrogens is 228 g/mol. The molecule has 98 valence electrons. The van der Waals surface area contributed by atoms with Crippen molar-refractivity contribution < 1.29 is 0 Å². The van der Waals surface area contributed by atoms with Crippen molar-refractivity contribution in [2.24, 2.45) is 5.92 Å². The first-order valence-electron chi connectivity index (χ1n) is 7.49. The second-order valence-electron chi connectivity index (χ2n) is 6.00. The topological polar surface area (TPSA) is 15.3 Å². The van der Waals surface area contributed by atoms with Crippen LogP contribution in [0.25, 0.3) is 0 Å². The van der Waals surface area contributed by atoms with Gasteiger partial charge in [0.2, 0.25) is 0 Å². The monoisotopic (exact) mass is 254 g/mol. The van der Waals surface area contributed by atoms with Crippen molar-refractivity contribution in [3.63, 3.8) is 0 Å². The Bertz CT molecular complexity index is 236. The Balaban J connectivity index is 1.49. The molecule has 1 saturated carbocycles. The van der Waals surface area contributed by atoms with E-state index in [1.54, 1.807) is 0 Å². The predicted molar refractivity (Wildman–Crippen MR) is 75.7 cm³/mol. The maximum Gasteiger partial charge on any atom is 0.0223 e. The third kappa shape index (κ3) is 3.62. The highest BCUT2D eigenvalue weighted by Crippen LogP contribution is 2.34. The Labute approximate surface area is 110 Å². The third-order valence-electron chi connectivity index (χ3n) is 4.44. The summed E-state index contributed by atoms with van der Waals surface area (Å²) < 4.78 is 0. The molecule has 0 aromatic rings. The van der Waals surface area contributed by atoms with Crippen LogP contribution in [0.15, 0.2) is 0 Å². The number of thioether (sulfide) groups is 1. The lowest BCUT2D eigenvalue weighted by Crippen LogP contribution is -2.41. The molecule has 0 radical (unpaired) electrons. The standard InChI is InChI=1S/C14H26N2S/c1-2-9-17-13(4-1)10-16-8-3-7-15-14(11-16)12-5-6-12/h12-15H,1-11H2. The van der Waals surface area contributed by atoms with Crippen LogP contribution in [-0.4, -0.2) is 48.1 Å². The van der Waals surface area contributed by atoms with Crippen LogP contribution in [0.5, 0.6) is 0 Å². The normalized spacial score (nSPS) is 36.7. The minimum Gasteiger partial charge on any atom is -0.312 e. The van der Waals surface area contributed by atoms with E-state index in [0.717, 1.165) is 17.2 Å². The summed E-state index contributed by atoms with van der Waals surface area (Å²) >= 11 is 2.23. The SMILES string of the molecule is C1CCC(CN2CCCNC(C3CC3)C2)SC1. The van der Waals surface area contributed by atoms with Crippen LogP contribution in [0.1, 0.15) is 38.5 Å². The smallest absolute Gasteiger partial charge is 0.0223 e. The molecule has 2 atom stereocenters. The zero-order valence-corrected chi connectivity index (χ0v) is 11.7. The van der Waals surface area contributed by atoms with Gasteiger partial charge in [0, 0.05) is 24.4 Å². The summed E-state index contributed by atoms with van der Waals surface area (Å²) in [7, 11) is 0. The van der Waals surface area contributed by atoms with Gasteiger partial charge in [0.15, 0.2) is 0 Å². The molecule has 2 heterocycles. The molecule has 2 nitrogen and oxygen atoms in total. The van der Waals surface area contributed by atoms with Gasteiger partial charge < -0.3 is 10.2 Å². The predicted octanol–water partition coefficient (Wildman–Crippen LogP) is 2.35. The highest BCUT2D eigenvalue weighted by Gasteiger charge is 2.33. The molecule has 0 amide bonds. The maximum absolute atomic E-state index is 3.76. The van der Waals surface area contributed by atoms with E-state index in [1.165, 1.54) is 70.5 Å². The number of nitrogens with zero attached hydrogens (tertiary/aromatic N) is 1. The van der Waals surface area contributed by atoms with Crippen molar-refractivity contribution in [1.82, 2.24) is 10.2 Å². The number of hydrogen-bond acceptors (Lipinski definition) is 3. The minimum absolute atomic E-state index is 0.811. The Morgan fingerprint density at radius 1 is 1.12 bits per heavy atom. The Morgan fingerprint density at radius 3 is 2.82 bits per heavy atom. The fourth-order valence-electron chi connectivity index (χ4n) is 3.24. The summed E-state index contributed by atoms with van der Waals surface area (Å²) in [5.74, 6) is 2.41. The molecular formula is C14H26N2S. The third-order valence-corrected chi connectivity index (χ3v) is 5.82. The average Bonchev–Trinajstić information content (AvgIpc) is 3.16. The lowest BCUT2D eigenvalue weighted by atomic mass is 10.1. The van der Waals surface area contributed by atoms with Gasteiger partial charge in [-0.1, -0.05) is 6.42 Å². The van der Waals surface area contributed by atoms with Crippen LogP contribution in [0.4, 0.5) is 0 Å². The molecule has 2 unspecified atom stereocenters. The number of rotatable bonds is 3. The molecule has 2 aliphatic heterocycles. The van der Waals surface area contributed by atoms with E-state index in [-0.39, 0.29) is 0 Å². The van der Waals surface area contributed by atoms with Gasteiger partial charge in [-0.05, 0) is 56.9 Å². The fraction of sp³-hybridized carbons (Fsp3) is 1.00. The minimum atomic E-state index is 0.811. The molecule has 0 aromatic heterocycles. The van der Waals surface area contributed by atoms with Crippen molar-refractivity contribution in [3.05, 3.63) is 0 Å². The Kier molecular flexibility index (Phi) is 4.30. The summed E-state index contributed by atoms with van der Waals surface area (Å²) in [5, 5.41) is 4.69. The maximum atomic E-state index is 3.76. The molecule has 3 aliphatic rings. The number of nitrogens with one attached hydrogen (secondary N) is 1.